The number of aliphatic hydroxyl groups excluding tert-OH is 1. The van der Waals surface area contributed by atoms with Gasteiger partial charge in [-0.2, -0.15) is 0 Å². The number of aliphatic carboxylic acids is 1. The second kappa shape index (κ2) is 6.25. The SMILES string of the molecule is CC(C)c1ccc(NCC(O)CC(=O)O)cc1. The first-order valence-electron chi connectivity index (χ1n) is 5.72. The van der Waals surface area contributed by atoms with Crippen molar-refractivity contribution in [3.63, 3.8) is 0 Å². The van der Waals surface area contributed by atoms with Crippen molar-refractivity contribution in [2.24, 2.45) is 0 Å². The van der Waals surface area contributed by atoms with Crippen LogP contribution in [0.15, 0.2) is 24.3 Å². The number of anilines is 1. The summed E-state index contributed by atoms with van der Waals surface area (Å²) in [4.78, 5) is 10.4. The Labute approximate surface area is 101 Å². The van der Waals surface area contributed by atoms with Gasteiger partial charge in [-0.25, -0.2) is 0 Å². The molecule has 0 aliphatic heterocycles. The highest BCUT2D eigenvalue weighted by Gasteiger charge is 2.08. The zero-order valence-corrected chi connectivity index (χ0v) is 10.2. The molecular formula is C13H19NO3. The largest absolute Gasteiger partial charge is 0.481 e. The van der Waals surface area contributed by atoms with E-state index in [1.807, 2.05) is 24.3 Å². The van der Waals surface area contributed by atoms with Gasteiger partial charge in [0.1, 0.15) is 0 Å². The monoisotopic (exact) mass is 237 g/mol. The minimum absolute atomic E-state index is 0.239. The maximum absolute atomic E-state index is 10.4. The van der Waals surface area contributed by atoms with Crippen LogP contribution in [0.2, 0.25) is 0 Å². The Morgan fingerprint density at radius 3 is 2.35 bits per heavy atom. The Bertz CT molecular complexity index is 359. The molecule has 0 aliphatic rings. The van der Waals surface area contributed by atoms with Gasteiger partial charge in [0, 0.05) is 12.2 Å². The van der Waals surface area contributed by atoms with Gasteiger partial charge in [-0.1, -0.05) is 26.0 Å². The molecule has 3 N–H and O–H groups in total. The van der Waals surface area contributed by atoms with Gasteiger partial charge in [0.05, 0.1) is 12.5 Å². The first-order valence-corrected chi connectivity index (χ1v) is 5.72. The molecule has 1 rings (SSSR count). The number of hydrogen-bond donors (Lipinski definition) is 3. The van der Waals surface area contributed by atoms with Gasteiger partial charge in [-0.05, 0) is 23.6 Å². The maximum atomic E-state index is 10.4. The highest BCUT2D eigenvalue weighted by Crippen LogP contribution is 2.17. The van der Waals surface area contributed by atoms with Gasteiger partial charge in [0.25, 0.3) is 0 Å². The number of carbonyl (C=O) groups is 1. The lowest BCUT2D eigenvalue weighted by Crippen LogP contribution is -2.22. The second-order valence-electron chi connectivity index (χ2n) is 4.41. The van der Waals surface area contributed by atoms with E-state index >= 15 is 0 Å². The Hall–Kier alpha value is -1.55. The van der Waals surface area contributed by atoms with Gasteiger partial charge >= 0.3 is 5.97 Å². The van der Waals surface area contributed by atoms with Crippen LogP contribution in [0.3, 0.4) is 0 Å². The molecule has 1 unspecified atom stereocenters. The Kier molecular flexibility index (Phi) is 4.97. The van der Waals surface area contributed by atoms with Crippen molar-refractivity contribution >= 4 is 11.7 Å². The van der Waals surface area contributed by atoms with Crippen LogP contribution in [-0.2, 0) is 4.79 Å². The fourth-order valence-electron chi connectivity index (χ4n) is 1.50. The Morgan fingerprint density at radius 1 is 1.29 bits per heavy atom. The van der Waals surface area contributed by atoms with Crippen molar-refractivity contribution in [3.8, 4) is 0 Å². The summed E-state index contributed by atoms with van der Waals surface area (Å²) in [6.45, 7) is 4.49. The molecule has 0 spiro atoms. The average Bonchev–Trinajstić information content (AvgIpc) is 2.26. The van der Waals surface area contributed by atoms with E-state index in [4.69, 9.17) is 5.11 Å². The summed E-state index contributed by atoms with van der Waals surface area (Å²) in [6, 6.07) is 7.92. The highest BCUT2D eigenvalue weighted by atomic mass is 16.4. The van der Waals surface area contributed by atoms with Crippen molar-refractivity contribution in [2.75, 3.05) is 11.9 Å². The minimum Gasteiger partial charge on any atom is -0.481 e. The molecule has 4 heteroatoms. The lowest BCUT2D eigenvalue weighted by atomic mass is 10.0. The molecule has 0 saturated heterocycles. The summed E-state index contributed by atoms with van der Waals surface area (Å²) in [5, 5.41) is 20.9. The van der Waals surface area contributed by atoms with Crippen LogP contribution in [0.4, 0.5) is 5.69 Å². The Morgan fingerprint density at radius 2 is 1.88 bits per heavy atom. The van der Waals surface area contributed by atoms with Crippen molar-refractivity contribution in [2.45, 2.75) is 32.3 Å². The first-order chi connectivity index (χ1) is 7.99. The van der Waals surface area contributed by atoms with Gasteiger partial charge in [-0.3, -0.25) is 4.79 Å². The molecule has 4 nitrogen and oxygen atoms in total. The van der Waals surface area contributed by atoms with Crippen molar-refractivity contribution in [1.29, 1.82) is 0 Å². The molecule has 94 valence electrons. The molecule has 0 heterocycles. The van der Waals surface area contributed by atoms with E-state index in [9.17, 15) is 9.90 Å². The quantitative estimate of drug-likeness (QED) is 0.708. The van der Waals surface area contributed by atoms with Gasteiger partial charge < -0.3 is 15.5 Å². The van der Waals surface area contributed by atoms with Crippen LogP contribution in [0.25, 0.3) is 0 Å². The predicted molar refractivity (Wildman–Crippen MR) is 67.3 cm³/mol. The molecule has 0 aromatic heterocycles. The topological polar surface area (TPSA) is 69.6 Å². The molecular weight excluding hydrogens is 218 g/mol. The second-order valence-corrected chi connectivity index (χ2v) is 4.41. The van der Waals surface area contributed by atoms with Crippen molar-refractivity contribution in [3.05, 3.63) is 29.8 Å². The zero-order chi connectivity index (χ0) is 12.8. The third-order valence-corrected chi connectivity index (χ3v) is 2.53. The van der Waals surface area contributed by atoms with Gasteiger partial charge in [-0.15, -0.1) is 0 Å². The molecule has 0 bridgehead atoms. The van der Waals surface area contributed by atoms with E-state index < -0.39 is 12.1 Å². The fraction of sp³-hybridized carbons (Fsp3) is 0.462. The number of carboxylic acids is 1. The average molecular weight is 237 g/mol. The minimum atomic E-state index is -0.991. The summed E-state index contributed by atoms with van der Waals surface area (Å²) in [7, 11) is 0. The van der Waals surface area contributed by atoms with Crippen molar-refractivity contribution in [1.82, 2.24) is 0 Å². The number of aliphatic hydroxyl groups is 1. The normalized spacial score (nSPS) is 12.5. The third-order valence-electron chi connectivity index (χ3n) is 2.53. The van der Waals surface area contributed by atoms with Gasteiger partial charge in [0.15, 0.2) is 0 Å². The fourth-order valence-corrected chi connectivity index (χ4v) is 1.50. The van der Waals surface area contributed by atoms with E-state index in [-0.39, 0.29) is 13.0 Å². The van der Waals surface area contributed by atoms with Crippen LogP contribution in [-0.4, -0.2) is 28.8 Å². The maximum Gasteiger partial charge on any atom is 0.306 e. The molecule has 1 atom stereocenters. The van der Waals surface area contributed by atoms with Crippen LogP contribution < -0.4 is 5.32 Å². The van der Waals surface area contributed by atoms with Gasteiger partial charge in [0.2, 0.25) is 0 Å². The predicted octanol–water partition coefficient (Wildman–Crippen LogP) is 2.06. The molecule has 0 radical (unpaired) electrons. The molecule has 0 amide bonds. The lowest BCUT2D eigenvalue weighted by Gasteiger charge is -2.12. The highest BCUT2D eigenvalue weighted by molar-refractivity contribution is 5.67. The molecule has 1 aromatic rings. The number of hydrogen-bond acceptors (Lipinski definition) is 3. The summed E-state index contributed by atoms with van der Waals surface area (Å²) < 4.78 is 0. The van der Waals surface area contributed by atoms with Crippen molar-refractivity contribution < 1.29 is 15.0 Å². The van der Waals surface area contributed by atoms with E-state index in [2.05, 4.69) is 19.2 Å². The number of rotatable bonds is 6. The van der Waals surface area contributed by atoms with Crippen LogP contribution >= 0.6 is 0 Å². The van der Waals surface area contributed by atoms with E-state index in [0.717, 1.165) is 5.69 Å². The summed E-state index contributed by atoms with van der Waals surface area (Å²) >= 11 is 0. The summed E-state index contributed by atoms with van der Waals surface area (Å²) in [5.41, 5.74) is 2.14. The summed E-state index contributed by atoms with van der Waals surface area (Å²) in [6.07, 6.45) is -1.10. The number of benzene rings is 1. The molecule has 0 saturated carbocycles. The molecule has 0 fully saturated rings. The van der Waals surface area contributed by atoms with E-state index in [0.29, 0.717) is 5.92 Å². The standard InChI is InChI=1S/C13H19NO3/c1-9(2)10-3-5-11(6-4-10)14-8-12(15)7-13(16)17/h3-6,9,12,14-15H,7-8H2,1-2H3,(H,16,17). The molecule has 0 aliphatic carbocycles. The molecule has 17 heavy (non-hydrogen) atoms. The smallest absolute Gasteiger partial charge is 0.306 e. The summed E-state index contributed by atoms with van der Waals surface area (Å²) in [5.74, 6) is -0.504. The lowest BCUT2D eigenvalue weighted by molar-refractivity contribution is -0.138. The zero-order valence-electron chi connectivity index (χ0n) is 10.2. The van der Waals surface area contributed by atoms with Crippen LogP contribution in [0.5, 0.6) is 0 Å². The Balaban J connectivity index is 2.44. The molecule has 1 aromatic carbocycles. The van der Waals surface area contributed by atoms with Crippen LogP contribution in [0, 0.1) is 0 Å². The van der Waals surface area contributed by atoms with Crippen LogP contribution in [0.1, 0.15) is 31.7 Å². The first kappa shape index (κ1) is 13.5. The third kappa shape index (κ3) is 4.87. The number of carboxylic acid groups (broad SMARTS) is 1. The van der Waals surface area contributed by atoms with E-state index in [1.165, 1.54) is 5.56 Å². The number of nitrogens with one attached hydrogen (secondary N) is 1. The van der Waals surface area contributed by atoms with E-state index in [1.54, 1.807) is 0 Å².